The SMILES string of the molecule is CCS(=O)c1cc(OC(C)(C)C(N)=O)ccc1-c1nc2cc(C(F)(F)F)ncc2n1C.O. The number of hydrogen-bond donors (Lipinski definition) is 1. The molecule has 0 radical (unpaired) electrons. The molecule has 0 spiro atoms. The van der Waals surface area contributed by atoms with Crippen molar-refractivity contribution in [3.8, 4) is 17.1 Å². The number of hydrogen-bond acceptors (Lipinski definition) is 5. The maximum absolute atomic E-state index is 13.0. The van der Waals surface area contributed by atoms with Gasteiger partial charge in [-0.15, -0.1) is 0 Å². The number of aromatic nitrogens is 3. The lowest BCUT2D eigenvalue weighted by atomic mass is 10.1. The Morgan fingerprint density at radius 3 is 2.47 bits per heavy atom. The number of alkyl halides is 3. The molecule has 1 atom stereocenters. The molecule has 0 saturated carbocycles. The Bertz CT molecular complexity index is 1190. The van der Waals surface area contributed by atoms with Crippen LogP contribution in [-0.4, -0.2) is 41.5 Å². The first-order valence-electron chi connectivity index (χ1n) is 9.26. The molecule has 32 heavy (non-hydrogen) atoms. The van der Waals surface area contributed by atoms with E-state index in [9.17, 15) is 22.2 Å². The Kier molecular flexibility index (Phi) is 7.00. The normalized spacial score (nSPS) is 13.0. The van der Waals surface area contributed by atoms with Crippen LogP contribution in [0.2, 0.25) is 0 Å². The van der Waals surface area contributed by atoms with Crippen molar-refractivity contribution in [3.63, 3.8) is 0 Å². The average Bonchev–Trinajstić information content (AvgIpc) is 3.02. The molecule has 1 unspecified atom stereocenters. The van der Waals surface area contributed by atoms with Gasteiger partial charge >= 0.3 is 6.18 Å². The van der Waals surface area contributed by atoms with E-state index in [-0.39, 0.29) is 16.7 Å². The van der Waals surface area contributed by atoms with Gasteiger partial charge in [0.1, 0.15) is 17.3 Å². The zero-order chi connectivity index (χ0) is 23.1. The summed E-state index contributed by atoms with van der Waals surface area (Å²) in [6.07, 6.45) is -3.48. The van der Waals surface area contributed by atoms with Gasteiger partial charge in [-0.2, -0.15) is 13.2 Å². The number of carbonyl (C=O) groups is 1. The lowest BCUT2D eigenvalue weighted by Gasteiger charge is -2.23. The highest BCUT2D eigenvalue weighted by atomic mass is 32.2. The molecule has 3 rings (SSSR count). The van der Waals surface area contributed by atoms with Gasteiger partial charge in [0.2, 0.25) is 0 Å². The molecule has 8 nitrogen and oxygen atoms in total. The zero-order valence-electron chi connectivity index (χ0n) is 17.8. The second-order valence-electron chi connectivity index (χ2n) is 7.32. The zero-order valence-corrected chi connectivity index (χ0v) is 18.6. The first kappa shape index (κ1) is 25.3. The summed E-state index contributed by atoms with van der Waals surface area (Å²) >= 11 is 0. The number of ether oxygens (including phenoxy) is 1. The Labute approximate surface area is 184 Å². The van der Waals surface area contributed by atoms with E-state index >= 15 is 0 Å². The van der Waals surface area contributed by atoms with Crippen molar-refractivity contribution < 1.29 is 32.4 Å². The summed E-state index contributed by atoms with van der Waals surface area (Å²) in [6.45, 7) is 4.75. The fourth-order valence-electron chi connectivity index (χ4n) is 2.92. The highest BCUT2D eigenvalue weighted by molar-refractivity contribution is 7.85. The average molecular weight is 472 g/mol. The van der Waals surface area contributed by atoms with Crippen molar-refractivity contribution in [3.05, 3.63) is 36.2 Å². The van der Waals surface area contributed by atoms with E-state index < -0.39 is 34.2 Å². The topological polar surface area (TPSA) is 132 Å². The van der Waals surface area contributed by atoms with Gasteiger partial charge in [0.25, 0.3) is 5.91 Å². The van der Waals surface area contributed by atoms with E-state index in [1.165, 1.54) is 19.9 Å². The molecule has 12 heteroatoms. The second kappa shape index (κ2) is 8.87. The van der Waals surface area contributed by atoms with E-state index in [0.717, 1.165) is 12.3 Å². The molecule has 0 saturated heterocycles. The maximum Gasteiger partial charge on any atom is 0.433 e. The number of fused-ring (bicyclic) bond motifs is 1. The van der Waals surface area contributed by atoms with E-state index in [1.54, 1.807) is 30.7 Å². The largest absolute Gasteiger partial charge is 0.478 e. The molecule has 1 aromatic carbocycles. The van der Waals surface area contributed by atoms with Crippen LogP contribution in [0.5, 0.6) is 5.75 Å². The predicted octanol–water partition coefficient (Wildman–Crippen LogP) is 2.60. The summed E-state index contributed by atoms with van der Waals surface area (Å²) in [5, 5.41) is 0. The van der Waals surface area contributed by atoms with Crippen LogP contribution in [0.3, 0.4) is 0 Å². The van der Waals surface area contributed by atoms with Crippen molar-refractivity contribution in [1.29, 1.82) is 0 Å². The third-order valence-corrected chi connectivity index (χ3v) is 6.08. The van der Waals surface area contributed by atoms with Crippen LogP contribution in [0.25, 0.3) is 22.4 Å². The summed E-state index contributed by atoms with van der Waals surface area (Å²) < 4.78 is 59.0. The number of nitrogens with zero attached hydrogens (tertiary/aromatic N) is 3. The number of nitrogens with two attached hydrogens (primary N) is 1. The highest BCUT2D eigenvalue weighted by Crippen LogP contribution is 2.34. The van der Waals surface area contributed by atoms with Crippen molar-refractivity contribution in [1.82, 2.24) is 14.5 Å². The van der Waals surface area contributed by atoms with Gasteiger partial charge in [0.15, 0.2) is 5.60 Å². The number of imidazole rings is 1. The van der Waals surface area contributed by atoms with E-state index in [2.05, 4.69) is 9.97 Å². The Hall–Kier alpha value is -2.99. The lowest BCUT2D eigenvalue weighted by molar-refractivity contribution is -0.141. The molecule has 0 fully saturated rings. The summed E-state index contributed by atoms with van der Waals surface area (Å²) in [4.78, 5) is 19.8. The lowest BCUT2D eigenvalue weighted by Crippen LogP contribution is -2.43. The molecule has 0 bridgehead atoms. The van der Waals surface area contributed by atoms with Gasteiger partial charge in [-0.25, -0.2) is 9.97 Å². The molecular weight excluding hydrogens is 449 g/mol. The number of aryl methyl sites for hydroxylation is 1. The van der Waals surface area contributed by atoms with Crippen LogP contribution in [0, 0.1) is 0 Å². The van der Waals surface area contributed by atoms with Gasteiger partial charge in [0, 0.05) is 18.4 Å². The van der Waals surface area contributed by atoms with Crippen LogP contribution >= 0.6 is 0 Å². The van der Waals surface area contributed by atoms with Gasteiger partial charge < -0.3 is 20.5 Å². The third-order valence-electron chi connectivity index (χ3n) is 4.73. The second-order valence-corrected chi connectivity index (χ2v) is 9.03. The van der Waals surface area contributed by atoms with Crippen LogP contribution in [0.4, 0.5) is 13.2 Å². The number of rotatable bonds is 6. The van der Waals surface area contributed by atoms with Gasteiger partial charge in [-0.1, -0.05) is 6.92 Å². The first-order valence-corrected chi connectivity index (χ1v) is 10.6. The van der Waals surface area contributed by atoms with Crippen molar-refractivity contribution >= 4 is 27.7 Å². The number of primary amides is 1. The van der Waals surface area contributed by atoms with Gasteiger partial charge in [-0.05, 0) is 38.1 Å². The van der Waals surface area contributed by atoms with Gasteiger partial charge in [-0.3, -0.25) is 9.00 Å². The molecule has 4 N–H and O–H groups in total. The number of halogens is 3. The van der Waals surface area contributed by atoms with Crippen molar-refractivity contribution in [2.75, 3.05) is 5.75 Å². The fraction of sp³-hybridized carbons (Fsp3) is 0.350. The molecule has 2 heterocycles. The summed E-state index contributed by atoms with van der Waals surface area (Å²) in [6, 6.07) is 5.57. The van der Waals surface area contributed by atoms with Crippen LogP contribution in [0.1, 0.15) is 26.5 Å². The van der Waals surface area contributed by atoms with Crippen molar-refractivity contribution in [2.24, 2.45) is 12.8 Å². The predicted molar refractivity (Wildman–Crippen MR) is 113 cm³/mol. The standard InChI is InChI=1S/C20H21F3N4O3S.H2O/c1-5-31(29)15-8-11(30-19(2,3)18(24)28)6-7-12(15)17-26-13-9-16(20(21,22)23)25-10-14(13)27(17)4;/h6-10H,5H2,1-4H3,(H2,24,28);1H2. The summed E-state index contributed by atoms with van der Waals surface area (Å²) in [5.74, 6) is 0.232. The molecule has 0 aliphatic carbocycles. The molecule has 174 valence electrons. The molecule has 2 aromatic heterocycles. The van der Waals surface area contributed by atoms with Crippen molar-refractivity contribution in [2.45, 2.75) is 37.4 Å². The first-order chi connectivity index (χ1) is 14.3. The fourth-order valence-corrected chi connectivity index (χ4v) is 3.89. The number of carbonyl (C=O) groups excluding carboxylic acids is 1. The van der Waals surface area contributed by atoms with E-state index in [4.69, 9.17) is 10.5 Å². The Balaban J connectivity index is 0.00000363. The maximum atomic E-state index is 13.0. The van der Waals surface area contributed by atoms with Crippen LogP contribution in [0.15, 0.2) is 35.4 Å². The minimum atomic E-state index is -4.59. The quantitative estimate of drug-likeness (QED) is 0.589. The number of amides is 1. The molecule has 0 aliphatic heterocycles. The van der Waals surface area contributed by atoms with Gasteiger partial charge in [0.05, 0.1) is 32.9 Å². The monoisotopic (exact) mass is 472 g/mol. The molecule has 0 aliphatic rings. The summed E-state index contributed by atoms with van der Waals surface area (Å²) in [7, 11) is 0.192. The Morgan fingerprint density at radius 1 is 1.25 bits per heavy atom. The molecular formula is C20H23F3N4O4S. The summed E-state index contributed by atoms with van der Waals surface area (Å²) in [5.41, 5.74) is 3.99. The Morgan fingerprint density at radius 2 is 1.91 bits per heavy atom. The highest BCUT2D eigenvalue weighted by Gasteiger charge is 2.33. The molecule has 1 amide bonds. The minimum absolute atomic E-state index is 0. The van der Waals surface area contributed by atoms with E-state index in [0.29, 0.717) is 27.6 Å². The number of pyridine rings is 1. The minimum Gasteiger partial charge on any atom is -0.478 e. The third kappa shape index (κ3) is 4.75. The number of benzene rings is 1. The van der Waals surface area contributed by atoms with E-state index in [1.807, 2.05) is 0 Å². The smallest absolute Gasteiger partial charge is 0.433 e. The molecule has 3 aromatic rings. The van der Waals surface area contributed by atoms with Crippen LogP contribution in [-0.2, 0) is 28.8 Å². The van der Waals surface area contributed by atoms with Crippen LogP contribution < -0.4 is 10.5 Å².